The van der Waals surface area contributed by atoms with Gasteiger partial charge in [-0.15, -0.1) is 0 Å². The van der Waals surface area contributed by atoms with Crippen LogP contribution in [-0.4, -0.2) is 19.3 Å². The third-order valence-electron chi connectivity index (χ3n) is 4.35. The Morgan fingerprint density at radius 3 is 2.77 bits per heavy atom. The molecule has 3 rings (SSSR count). The van der Waals surface area contributed by atoms with E-state index in [1.807, 2.05) is 19.1 Å². The maximum atomic E-state index is 6.22. The molecule has 0 bridgehead atoms. The van der Waals surface area contributed by atoms with Gasteiger partial charge in [0.05, 0.1) is 25.6 Å². The van der Waals surface area contributed by atoms with Gasteiger partial charge in [0.15, 0.2) is 0 Å². The van der Waals surface area contributed by atoms with Gasteiger partial charge in [0, 0.05) is 12.8 Å². The van der Waals surface area contributed by atoms with Crippen molar-refractivity contribution in [2.24, 2.45) is 0 Å². The predicted molar refractivity (Wildman–Crippen MR) is 86.8 cm³/mol. The molecule has 1 heterocycles. The zero-order valence-corrected chi connectivity index (χ0v) is 13.4. The summed E-state index contributed by atoms with van der Waals surface area (Å²) in [6.07, 6.45) is 8.82. The molecule has 0 fully saturated rings. The monoisotopic (exact) mass is 300 g/mol. The molecule has 0 unspecified atom stereocenters. The average molecular weight is 300 g/mol. The highest BCUT2D eigenvalue weighted by Gasteiger charge is 2.32. The minimum absolute atomic E-state index is 0.155. The molecule has 2 aliphatic rings. The molecule has 22 heavy (non-hydrogen) atoms. The molecule has 0 N–H and O–H groups in total. The Hall–Kier alpha value is -1.74. The fourth-order valence-electron chi connectivity index (χ4n) is 3.22. The Morgan fingerprint density at radius 2 is 2.05 bits per heavy atom. The van der Waals surface area contributed by atoms with Gasteiger partial charge in [-0.2, -0.15) is 0 Å². The van der Waals surface area contributed by atoms with Gasteiger partial charge in [-0.1, -0.05) is 18.2 Å². The van der Waals surface area contributed by atoms with Gasteiger partial charge in [-0.3, -0.25) is 0 Å². The molecule has 3 heteroatoms. The predicted octanol–water partition coefficient (Wildman–Crippen LogP) is 4.38. The van der Waals surface area contributed by atoms with E-state index >= 15 is 0 Å². The van der Waals surface area contributed by atoms with Gasteiger partial charge >= 0.3 is 0 Å². The van der Waals surface area contributed by atoms with Crippen LogP contribution in [0.1, 0.15) is 38.2 Å². The molecule has 1 aliphatic carbocycles. The van der Waals surface area contributed by atoms with Crippen molar-refractivity contribution in [3.8, 4) is 5.75 Å². The molecule has 0 spiro atoms. The first-order chi connectivity index (χ1) is 10.8. The maximum Gasteiger partial charge on any atom is 0.119 e. The fourth-order valence-corrected chi connectivity index (χ4v) is 3.22. The maximum absolute atomic E-state index is 6.22. The summed E-state index contributed by atoms with van der Waals surface area (Å²) in [4.78, 5) is 0. The Kier molecular flexibility index (Phi) is 4.84. The normalized spacial score (nSPS) is 24.5. The number of rotatable bonds is 5. The summed E-state index contributed by atoms with van der Waals surface area (Å²) in [5.74, 6) is 2.05. The van der Waals surface area contributed by atoms with Crippen LogP contribution in [0, 0.1) is 0 Å². The lowest BCUT2D eigenvalue weighted by Crippen LogP contribution is -2.28. The van der Waals surface area contributed by atoms with E-state index in [-0.39, 0.29) is 12.2 Å². The van der Waals surface area contributed by atoms with Gasteiger partial charge in [-0.05, 0) is 49.1 Å². The van der Waals surface area contributed by atoms with Crippen LogP contribution in [0.25, 0.3) is 0 Å². The highest BCUT2D eigenvalue weighted by atomic mass is 16.5. The molecule has 1 aromatic carbocycles. The van der Waals surface area contributed by atoms with Crippen LogP contribution in [0.2, 0.25) is 0 Å². The minimum atomic E-state index is 0.155. The van der Waals surface area contributed by atoms with Crippen LogP contribution in [0.5, 0.6) is 5.75 Å². The standard InChI is InChI=1S/C19H24O3/c1-3-5-16-12-19(17-6-4-7-18(17)22-16)21-13-14-8-10-15(20-2)11-9-14/h3,5,8-11,16,19H,4,6-7,12-13H2,1-2H3/b5-3+/t16-,19+/m0/s1. The molecule has 0 radical (unpaired) electrons. The van der Waals surface area contributed by atoms with Crippen molar-refractivity contribution in [1.82, 2.24) is 0 Å². The molecule has 0 amide bonds. The van der Waals surface area contributed by atoms with Crippen molar-refractivity contribution in [3.63, 3.8) is 0 Å². The fraction of sp³-hybridized carbons (Fsp3) is 0.474. The van der Waals surface area contributed by atoms with Crippen molar-refractivity contribution >= 4 is 0 Å². The van der Waals surface area contributed by atoms with Crippen LogP contribution in [0.3, 0.4) is 0 Å². The van der Waals surface area contributed by atoms with Gasteiger partial charge in [0.1, 0.15) is 11.9 Å². The first kappa shape index (κ1) is 15.2. The van der Waals surface area contributed by atoms with Crippen molar-refractivity contribution in [2.75, 3.05) is 7.11 Å². The smallest absolute Gasteiger partial charge is 0.119 e. The summed E-state index contributed by atoms with van der Waals surface area (Å²) in [5.41, 5.74) is 2.56. The van der Waals surface area contributed by atoms with Gasteiger partial charge in [-0.25, -0.2) is 0 Å². The lowest BCUT2D eigenvalue weighted by atomic mass is 9.99. The number of hydrogen-bond donors (Lipinski definition) is 0. The molecule has 0 aromatic heterocycles. The van der Waals surface area contributed by atoms with Gasteiger partial charge in [0.25, 0.3) is 0 Å². The first-order valence-electron chi connectivity index (χ1n) is 8.06. The summed E-state index contributed by atoms with van der Waals surface area (Å²) in [6, 6.07) is 8.08. The van der Waals surface area contributed by atoms with E-state index in [2.05, 4.69) is 24.3 Å². The van der Waals surface area contributed by atoms with Gasteiger partial charge < -0.3 is 14.2 Å². The Labute approximate surface area is 132 Å². The molecular weight excluding hydrogens is 276 g/mol. The minimum Gasteiger partial charge on any atom is -0.497 e. The number of benzene rings is 1. The lowest BCUT2D eigenvalue weighted by molar-refractivity contribution is 0.00324. The molecule has 0 saturated carbocycles. The van der Waals surface area contributed by atoms with Crippen LogP contribution < -0.4 is 4.74 Å². The van der Waals surface area contributed by atoms with Crippen LogP contribution in [0.15, 0.2) is 47.7 Å². The largest absolute Gasteiger partial charge is 0.497 e. The van der Waals surface area contributed by atoms with Crippen molar-refractivity contribution in [3.05, 3.63) is 53.3 Å². The Balaban J connectivity index is 1.65. The average Bonchev–Trinajstić information content (AvgIpc) is 3.02. The molecule has 1 aromatic rings. The van der Waals surface area contributed by atoms with Gasteiger partial charge in [0.2, 0.25) is 0 Å². The molecular formula is C19H24O3. The zero-order valence-electron chi connectivity index (χ0n) is 13.4. The second-order valence-corrected chi connectivity index (χ2v) is 5.87. The van der Waals surface area contributed by atoms with Crippen molar-refractivity contribution in [2.45, 2.75) is 51.4 Å². The number of ether oxygens (including phenoxy) is 3. The van der Waals surface area contributed by atoms with E-state index in [4.69, 9.17) is 14.2 Å². The van der Waals surface area contributed by atoms with Crippen LogP contribution in [-0.2, 0) is 16.1 Å². The summed E-state index contributed by atoms with van der Waals surface area (Å²) in [7, 11) is 1.68. The van der Waals surface area contributed by atoms with E-state index in [9.17, 15) is 0 Å². The Morgan fingerprint density at radius 1 is 1.23 bits per heavy atom. The number of methoxy groups -OCH3 is 1. The summed E-state index contributed by atoms with van der Waals surface area (Å²) in [6.45, 7) is 2.67. The van der Waals surface area contributed by atoms with E-state index < -0.39 is 0 Å². The summed E-state index contributed by atoms with van der Waals surface area (Å²) >= 11 is 0. The molecule has 118 valence electrons. The molecule has 2 atom stereocenters. The third kappa shape index (κ3) is 3.36. The topological polar surface area (TPSA) is 27.7 Å². The summed E-state index contributed by atoms with van der Waals surface area (Å²) < 4.78 is 17.5. The molecule has 0 saturated heterocycles. The highest BCUT2D eigenvalue weighted by molar-refractivity contribution is 5.27. The second-order valence-electron chi connectivity index (χ2n) is 5.87. The van der Waals surface area contributed by atoms with E-state index in [1.165, 1.54) is 23.3 Å². The van der Waals surface area contributed by atoms with Crippen LogP contribution in [0.4, 0.5) is 0 Å². The van der Waals surface area contributed by atoms with E-state index in [0.29, 0.717) is 6.61 Å². The highest BCUT2D eigenvalue weighted by Crippen LogP contribution is 2.38. The first-order valence-corrected chi connectivity index (χ1v) is 8.06. The second kappa shape index (κ2) is 7.01. The van der Waals surface area contributed by atoms with Crippen molar-refractivity contribution < 1.29 is 14.2 Å². The number of hydrogen-bond acceptors (Lipinski definition) is 3. The summed E-state index contributed by atoms with van der Waals surface area (Å²) in [5, 5.41) is 0. The zero-order chi connectivity index (χ0) is 15.4. The van der Waals surface area contributed by atoms with E-state index in [0.717, 1.165) is 25.0 Å². The molecule has 3 nitrogen and oxygen atoms in total. The third-order valence-corrected chi connectivity index (χ3v) is 4.35. The number of allylic oxidation sites excluding steroid dienone is 2. The Bertz CT molecular complexity index is 557. The van der Waals surface area contributed by atoms with E-state index in [1.54, 1.807) is 7.11 Å². The molecule has 1 aliphatic heterocycles. The SMILES string of the molecule is C/C=C/[C@H]1C[C@@H](OCc2ccc(OC)cc2)C2=C(CCC2)O1. The quantitative estimate of drug-likeness (QED) is 0.755. The van der Waals surface area contributed by atoms with Crippen molar-refractivity contribution in [1.29, 1.82) is 0 Å². The lowest BCUT2D eigenvalue weighted by Gasteiger charge is -2.30. The van der Waals surface area contributed by atoms with Crippen LogP contribution >= 0.6 is 0 Å².